The Hall–Kier alpha value is -2.11. The van der Waals surface area contributed by atoms with Crippen molar-refractivity contribution < 1.29 is 14.3 Å². The lowest BCUT2D eigenvalue weighted by Crippen LogP contribution is -2.38. The molecule has 0 unspecified atom stereocenters. The summed E-state index contributed by atoms with van der Waals surface area (Å²) in [5, 5.41) is 0.668. The average Bonchev–Trinajstić information content (AvgIpc) is 3.13. The zero-order valence-electron chi connectivity index (χ0n) is 13.0. The zero-order chi connectivity index (χ0) is 16.6. The molecule has 3 heterocycles. The number of carbonyl (C=O) groups is 1. The maximum Gasteiger partial charge on any atom is 0.225 e. The molecule has 1 amide bonds. The molecule has 5 nitrogen and oxygen atoms in total. The van der Waals surface area contributed by atoms with Crippen LogP contribution < -0.4 is 4.74 Å². The SMILES string of the molecule is O=C1CC[C@]2(c3cccnc3)O[C@H](COc3ccc(Cl)cc3)CN12. The average molecular weight is 345 g/mol. The van der Waals surface area contributed by atoms with Crippen LogP contribution in [0.4, 0.5) is 0 Å². The summed E-state index contributed by atoms with van der Waals surface area (Å²) in [5.41, 5.74) is 0.226. The highest BCUT2D eigenvalue weighted by Crippen LogP contribution is 2.45. The first-order valence-electron chi connectivity index (χ1n) is 7.94. The molecule has 2 saturated heterocycles. The van der Waals surface area contributed by atoms with Gasteiger partial charge in [0, 0.05) is 35.8 Å². The van der Waals surface area contributed by atoms with E-state index in [4.69, 9.17) is 21.1 Å². The molecule has 124 valence electrons. The molecule has 6 heteroatoms. The zero-order valence-corrected chi connectivity index (χ0v) is 13.8. The Balaban J connectivity index is 1.50. The maximum atomic E-state index is 12.3. The van der Waals surface area contributed by atoms with Gasteiger partial charge in [-0.25, -0.2) is 0 Å². The summed E-state index contributed by atoms with van der Waals surface area (Å²) in [6, 6.07) is 11.0. The summed E-state index contributed by atoms with van der Waals surface area (Å²) in [7, 11) is 0. The van der Waals surface area contributed by atoms with E-state index < -0.39 is 5.72 Å². The Labute approximate surface area is 145 Å². The van der Waals surface area contributed by atoms with E-state index in [1.165, 1.54) is 0 Å². The fourth-order valence-corrected chi connectivity index (χ4v) is 3.53. The van der Waals surface area contributed by atoms with Gasteiger partial charge in [-0.15, -0.1) is 0 Å². The number of amides is 1. The number of hydrogen-bond donors (Lipinski definition) is 0. The first-order chi connectivity index (χ1) is 11.7. The van der Waals surface area contributed by atoms with E-state index in [9.17, 15) is 4.79 Å². The van der Waals surface area contributed by atoms with E-state index in [-0.39, 0.29) is 12.0 Å². The molecule has 4 rings (SSSR count). The van der Waals surface area contributed by atoms with Gasteiger partial charge in [0.25, 0.3) is 0 Å². The number of pyridine rings is 1. The van der Waals surface area contributed by atoms with Crippen molar-refractivity contribution >= 4 is 17.5 Å². The fraction of sp³-hybridized carbons (Fsp3) is 0.333. The van der Waals surface area contributed by atoms with E-state index in [1.54, 1.807) is 24.5 Å². The molecule has 0 bridgehead atoms. The molecule has 0 saturated carbocycles. The van der Waals surface area contributed by atoms with Gasteiger partial charge >= 0.3 is 0 Å². The van der Waals surface area contributed by atoms with Crippen LogP contribution in [0, 0.1) is 0 Å². The van der Waals surface area contributed by atoms with Gasteiger partial charge in [-0.05, 0) is 30.3 Å². The summed E-state index contributed by atoms with van der Waals surface area (Å²) < 4.78 is 12.1. The van der Waals surface area contributed by atoms with Crippen LogP contribution in [0.25, 0.3) is 0 Å². The monoisotopic (exact) mass is 344 g/mol. The molecule has 24 heavy (non-hydrogen) atoms. The van der Waals surface area contributed by atoms with E-state index in [0.717, 1.165) is 11.3 Å². The summed E-state index contributed by atoms with van der Waals surface area (Å²) in [6.45, 7) is 0.911. The molecule has 2 aliphatic rings. The van der Waals surface area contributed by atoms with Crippen LogP contribution >= 0.6 is 11.6 Å². The van der Waals surface area contributed by atoms with Crippen molar-refractivity contribution in [2.24, 2.45) is 0 Å². The first-order valence-corrected chi connectivity index (χ1v) is 8.32. The Morgan fingerprint density at radius 2 is 2.17 bits per heavy atom. The van der Waals surface area contributed by atoms with Crippen molar-refractivity contribution in [2.45, 2.75) is 24.7 Å². The van der Waals surface area contributed by atoms with Crippen molar-refractivity contribution in [3.63, 3.8) is 0 Å². The van der Waals surface area contributed by atoms with E-state index in [2.05, 4.69) is 4.98 Å². The molecule has 2 fully saturated rings. The van der Waals surface area contributed by atoms with Crippen LogP contribution in [0.2, 0.25) is 5.02 Å². The quantitative estimate of drug-likeness (QED) is 0.855. The second kappa shape index (κ2) is 6.07. The highest BCUT2D eigenvalue weighted by Gasteiger charge is 2.54. The summed E-state index contributed by atoms with van der Waals surface area (Å²) >= 11 is 5.88. The Morgan fingerprint density at radius 1 is 1.33 bits per heavy atom. The molecule has 0 aliphatic carbocycles. The Kier molecular flexibility index (Phi) is 3.90. The minimum absolute atomic E-state index is 0.118. The van der Waals surface area contributed by atoms with Gasteiger partial charge in [-0.1, -0.05) is 17.7 Å². The first kappa shape index (κ1) is 15.4. The topological polar surface area (TPSA) is 51.7 Å². The summed E-state index contributed by atoms with van der Waals surface area (Å²) in [5.74, 6) is 0.852. The Morgan fingerprint density at radius 3 is 2.92 bits per heavy atom. The van der Waals surface area contributed by atoms with Crippen LogP contribution in [0.1, 0.15) is 18.4 Å². The van der Waals surface area contributed by atoms with Gasteiger partial charge in [0.15, 0.2) is 5.72 Å². The van der Waals surface area contributed by atoms with E-state index in [0.29, 0.717) is 31.0 Å². The lowest BCUT2D eigenvalue weighted by molar-refractivity contribution is -0.140. The van der Waals surface area contributed by atoms with Gasteiger partial charge in [-0.3, -0.25) is 9.78 Å². The van der Waals surface area contributed by atoms with Gasteiger partial charge in [-0.2, -0.15) is 0 Å². The maximum absolute atomic E-state index is 12.3. The lowest BCUT2D eigenvalue weighted by Gasteiger charge is -2.30. The minimum Gasteiger partial charge on any atom is -0.491 e. The van der Waals surface area contributed by atoms with Crippen molar-refractivity contribution in [1.29, 1.82) is 0 Å². The van der Waals surface area contributed by atoms with Crippen molar-refractivity contribution in [3.8, 4) is 5.75 Å². The summed E-state index contributed by atoms with van der Waals surface area (Å²) in [4.78, 5) is 18.3. The molecule has 0 radical (unpaired) electrons. The van der Waals surface area contributed by atoms with Crippen molar-refractivity contribution in [3.05, 3.63) is 59.4 Å². The molecule has 1 aromatic heterocycles. The third-order valence-electron chi connectivity index (χ3n) is 4.52. The third kappa shape index (κ3) is 2.64. The molecule has 1 aromatic carbocycles. The second-order valence-electron chi connectivity index (χ2n) is 6.04. The number of hydrogen-bond acceptors (Lipinski definition) is 4. The predicted molar refractivity (Wildman–Crippen MR) is 88.7 cm³/mol. The van der Waals surface area contributed by atoms with Gasteiger partial charge in [0.1, 0.15) is 18.5 Å². The Bertz CT molecular complexity index is 738. The molecule has 0 N–H and O–H groups in total. The van der Waals surface area contributed by atoms with E-state index in [1.807, 2.05) is 29.2 Å². The number of halogens is 1. The highest BCUT2D eigenvalue weighted by molar-refractivity contribution is 6.30. The molecular weight excluding hydrogens is 328 g/mol. The van der Waals surface area contributed by atoms with Crippen LogP contribution in [-0.2, 0) is 15.3 Å². The highest BCUT2D eigenvalue weighted by atomic mass is 35.5. The molecule has 2 aromatic rings. The second-order valence-corrected chi connectivity index (χ2v) is 6.47. The number of fused-ring (bicyclic) bond motifs is 1. The van der Waals surface area contributed by atoms with Gasteiger partial charge in [0.05, 0.1) is 6.54 Å². The van der Waals surface area contributed by atoms with Crippen molar-refractivity contribution in [2.75, 3.05) is 13.2 Å². The van der Waals surface area contributed by atoms with Gasteiger partial charge in [0.2, 0.25) is 5.91 Å². The molecule has 2 atom stereocenters. The van der Waals surface area contributed by atoms with Crippen LogP contribution in [0.5, 0.6) is 5.75 Å². The molecule has 0 spiro atoms. The van der Waals surface area contributed by atoms with Crippen molar-refractivity contribution in [1.82, 2.24) is 9.88 Å². The van der Waals surface area contributed by atoms with Gasteiger partial charge < -0.3 is 14.4 Å². The number of benzene rings is 1. The number of nitrogens with zero attached hydrogens (tertiary/aromatic N) is 2. The van der Waals surface area contributed by atoms with Crippen LogP contribution in [-0.4, -0.2) is 35.0 Å². The summed E-state index contributed by atoms with van der Waals surface area (Å²) in [6.07, 6.45) is 4.46. The number of carbonyl (C=O) groups excluding carboxylic acids is 1. The molecule has 2 aliphatic heterocycles. The smallest absolute Gasteiger partial charge is 0.225 e. The minimum atomic E-state index is -0.695. The fourth-order valence-electron chi connectivity index (χ4n) is 3.40. The normalized spacial score (nSPS) is 25.8. The predicted octanol–water partition coefficient (Wildman–Crippen LogP) is 2.99. The standard InChI is InChI=1S/C18H17ClN2O3/c19-14-3-5-15(6-4-14)23-12-16-11-21-17(22)7-8-18(21,24-16)13-2-1-9-20-10-13/h1-6,9-10,16H,7-8,11-12H2/t16-,18+/m0/s1. The third-order valence-corrected chi connectivity index (χ3v) is 4.78. The lowest BCUT2D eigenvalue weighted by atomic mass is 10.0. The number of ether oxygens (including phenoxy) is 2. The number of rotatable bonds is 4. The van der Waals surface area contributed by atoms with Crippen LogP contribution in [0.3, 0.4) is 0 Å². The van der Waals surface area contributed by atoms with E-state index >= 15 is 0 Å². The molecular formula is C18H17ClN2O3. The number of aromatic nitrogens is 1. The largest absolute Gasteiger partial charge is 0.491 e. The van der Waals surface area contributed by atoms with Crippen LogP contribution in [0.15, 0.2) is 48.8 Å².